The predicted molar refractivity (Wildman–Crippen MR) is 71.1 cm³/mol. The van der Waals surface area contributed by atoms with Gasteiger partial charge >= 0.3 is 0 Å². The molecule has 0 unspecified atom stereocenters. The van der Waals surface area contributed by atoms with Gasteiger partial charge < -0.3 is 5.32 Å². The van der Waals surface area contributed by atoms with Crippen molar-refractivity contribution in [1.29, 1.82) is 0 Å². The van der Waals surface area contributed by atoms with E-state index in [0.29, 0.717) is 12.5 Å². The van der Waals surface area contributed by atoms with Crippen molar-refractivity contribution in [3.8, 4) is 0 Å². The quantitative estimate of drug-likeness (QED) is 0.870. The Hall–Kier alpha value is -1.81. The Labute approximate surface area is 108 Å². The minimum Gasteiger partial charge on any atom is -0.310 e. The van der Waals surface area contributed by atoms with Crippen molar-refractivity contribution in [2.75, 3.05) is 0 Å². The van der Waals surface area contributed by atoms with Crippen LogP contribution in [0.1, 0.15) is 30.9 Å². The molecule has 0 saturated carbocycles. The third kappa shape index (κ3) is 3.89. The summed E-state index contributed by atoms with van der Waals surface area (Å²) in [6.07, 6.45) is 6.22. The lowest BCUT2D eigenvalue weighted by Crippen LogP contribution is -2.22. The summed E-state index contributed by atoms with van der Waals surface area (Å²) in [4.78, 5) is 13.0. The van der Waals surface area contributed by atoms with E-state index in [4.69, 9.17) is 0 Å². The van der Waals surface area contributed by atoms with Gasteiger partial charge in [0.1, 0.15) is 5.82 Å². The SMILES string of the molecule is CC(C)NCc1cnc(Cc2ccccn2)nc1. The van der Waals surface area contributed by atoms with Crippen LogP contribution in [0.4, 0.5) is 0 Å². The van der Waals surface area contributed by atoms with Gasteiger partial charge in [0.05, 0.1) is 0 Å². The summed E-state index contributed by atoms with van der Waals surface area (Å²) < 4.78 is 0. The van der Waals surface area contributed by atoms with Gasteiger partial charge in [-0.1, -0.05) is 19.9 Å². The smallest absolute Gasteiger partial charge is 0.134 e. The highest BCUT2D eigenvalue weighted by Crippen LogP contribution is 2.02. The minimum absolute atomic E-state index is 0.471. The Morgan fingerprint density at radius 1 is 1.11 bits per heavy atom. The van der Waals surface area contributed by atoms with Gasteiger partial charge in [0.2, 0.25) is 0 Å². The number of pyridine rings is 1. The Kier molecular flexibility index (Phi) is 4.36. The second kappa shape index (κ2) is 6.21. The van der Waals surface area contributed by atoms with Gasteiger partial charge in [0.25, 0.3) is 0 Å². The molecule has 0 aliphatic carbocycles. The lowest BCUT2D eigenvalue weighted by atomic mass is 10.2. The van der Waals surface area contributed by atoms with Crippen molar-refractivity contribution in [3.05, 3.63) is 53.9 Å². The Bertz CT molecular complexity index is 465. The van der Waals surface area contributed by atoms with E-state index in [2.05, 4.69) is 34.1 Å². The summed E-state index contributed by atoms with van der Waals surface area (Å²) in [6.45, 7) is 5.05. The predicted octanol–water partition coefficient (Wildman–Crippen LogP) is 1.96. The zero-order valence-corrected chi connectivity index (χ0v) is 10.8. The van der Waals surface area contributed by atoms with Crippen LogP contribution in [-0.4, -0.2) is 21.0 Å². The molecule has 4 nitrogen and oxygen atoms in total. The van der Waals surface area contributed by atoms with Crippen molar-refractivity contribution >= 4 is 0 Å². The van der Waals surface area contributed by atoms with Crippen LogP contribution in [0.25, 0.3) is 0 Å². The van der Waals surface area contributed by atoms with Crippen molar-refractivity contribution in [2.24, 2.45) is 0 Å². The molecule has 0 bridgehead atoms. The second-order valence-corrected chi connectivity index (χ2v) is 4.54. The van der Waals surface area contributed by atoms with E-state index in [0.717, 1.165) is 23.6 Å². The number of hydrogen-bond acceptors (Lipinski definition) is 4. The molecule has 0 aromatic carbocycles. The first-order chi connectivity index (χ1) is 8.74. The molecule has 2 aromatic heterocycles. The molecule has 2 aromatic rings. The van der Waals surface area contributed by atoms with Gasteiger partial charge in [-0.05, 0) is 12.1 Å². The first-order valence-corrected chi connectivity index (χ1v) is 6.17. The van der Waals surface area contributed by atoms with E-state index in [1.54, 1.807) is 6.20 Å². The Morgan fingerprint density at radius 2 is 1.89 bits per heavy atom. The third-order valence-electron chi connectivity index (χ3n) is 2.54. The highest BCUT2D eigenvalue weighted by Gasteiger charge is 2.01. The Morgan fingerprint density at radius 3 is 2.50 bits per heavy atom. The molecule has 0 aliphatic heterocycles. The normalized spacial score (nSPS) is 10.8. The van der Waals surface area contributed by atoms with Crippen molar-refractivity contribution in [2.45, 2.75) is 32.9 Å². The topological polar surface area (TPSA) is 50.7 Å². The van der Waals surface area contributed by atoms with Gasteiger partial charge in [-0.3, -0.25) is 4.98 Å². The van der Waals surface area contributed by atoms with E-state index in [1.807, 2.05) is 30.6 Å². The van der Waals surface area contributed by atoms with E-state index in [1.165, 1.54) is 0 Å². The van der Waals surface area contributed by atoms with Gasteiger partial charge in [-0.15, -0.1) is 0 Å². The molecule has 4 heteroatoms. The molecule has 0 radical (unpaired) electrons. The van der Waals surface area contributed by atoms with Crippen LogP contribution in [0, 0.1) is 0 Å². The molecule has 2 rings (SSSR count). The summed E-state index contributed by atoms with van der Waals surface area (Å²) >= 11 is 0. The fourth-order valence-electron chi connectivity index (χ4n) is 1.55. The van der Waals surface area contributed by atoms with Crippen LogP contribution in [0.15, 0.2) is 36.8 Å². The molecule has 0 aliphatic rings. The molecule has 94 valence electrons. The number of nitrogens with one attached hydrogen (secondary N) is 1. The molecule has 0 fully saturated rings. The fourth-order valence-corrected chi connectivity index (χ4v) is 1.55. The maximum Gasteiger partial charge on any atom is 0.134 e. The van der Waals surface area contributed by atoms with E-state index in [-0.39, 0.29) is 0 Å². The molecule has 2 heterocycles. The molecular weight excluding hydrogens is 224 g/mol. The molecule has 1 N–H and O–H groups in total. The standard InChI is InChI=1S/C14H18N4/c1-11(2)16-8-12-9-17-14(18-10-12)7-13-5-3-4-6-15-13/h3-6,9-11,16H,7-8H2,1-2H3. The molecule has 0 spiro atoms. The minimum atomic E-state index is 0.471. The van der Waals surface area contributed by atoms with E-state index in [9.17, 15) is 0 Å². The van der Waals surface area contributed by atoms with Crippen LogP contribution < -0.4 is 5.32 Å². The maximum atomic E-state index is 4.36. The van der Waals surface area contributed by atoms with Gasteiger partial charge in [0.15, 0.2) is 0 Å². The average Bonchev–Trinajstić information content (AvgIpc) is 2.39. The second-order valence-electron chi connectivity index (χ2n) is 4.54. The molecule has 0 saturated heterocycles. The number of aromatic nitrogens is 3. The summed E-state index contributed by atoms with van der Waals surface area (Å²) in [5.41, 5.74) is 2.10. The Balaban J connectivity index is 1.95. The molecular formula is C14H18N4. The first-order valence-electron chi connectivity index (χ1n) is 6.17. The average molecular weight is 242 g/mol. The van der Waals surface area contributed by atoms with Crippen LogP contribution in [0.2, 0.25) is 0 Å². The highest BCUT2D eigenvalue weighted by atomic mass is 14.9. The number of nitrogens with zero attached hydrogens (tertiary/aromatic N) is 3. The van der Waals surface area contributed by atoms with Crippen LogP contribution in [0.5, 0.6) is 0 Å². The fraction of sp³-hybridized carbons (Fsp3) is 0.357. The lowest BCUT2D eigenvalue weighted by molar-refractivity contribution is 0.586. The third-order valence-corrected chi connectivity index (χ3v) is 2.54. The number of rotatable bonds is 5. The summed E-state index contributed by atoms with van der Waals surface area (Å²) in [5, 5.41) is 3.34. The van der Waals surface area contributed by atoms with Gasteiger partial charge in [-0.25, -0.2) is 9.97 Å². The van der Waals surface area contributed by atoms with Crippen LogP contribution in [-0.2, 0) is 13.0 Å². The molecule has 0 atom stereocenters. The van der Waals surface area contributed by atoms with Gasteiger partial charge in [0, 0.05) is 48.9 Å². The summed E-state index contributed by atoms with van der Waals surface area (Å²) in [7, 11) is 0. The zero-order valence-electron chi connectivity index (χ0n) is 10.8. The largest absolute Gasteiger partial charge is 0.310 e. The highest BCUT2D eigenvalue weighted by molar-refractivity contribution is 5.12. The monoisotopic (exact) mass is 242 g/mol. The lowest BCUT2D eigenvalue weighted by Gasteiger charge is -2.07. The maximum absolute atomic E-state index is 4.36. The van der Waals surface area contributed by atoms with E-state index >= 15 is 0 Å². The molecule has 18 heavy (non-hydrogen) atoms. The van der Waals surface area contributed by atoms with Crippen LogP contribution in [0.3, 0.4) is 0 Å². The van der Waals surface area contributed by atoms with Crippen molar-refractivity contribution in [3.63, 3.8) is 0 Å². The summed E-state index contributed by atoms with van der Waals surface area (Å²) in [5.74, 6) is 0.807. The molecule has 0 amide bonds. The first kappa shape index (κ1) is 12.6. The zero-order chi connectivity index (χ0) is 12.8. The van der Waals surface area contributed by atoms with E-state index < -0.39 is 0 Å². The van der Waals surface area contributed by atoms with Crippen LogP contribution >= 0.6 is 0 Å². The van der Waals surface area contributed by atoms with Crippen molar-refractivity contribution in [1.82, 2.24) is 20.3 Å². The van der Waals surface area contributed by atoms with Crippen molar-refractivity contribution < 1.29 is 0 Å². The van der Waals surface area contributed by atoms with Gasteiger partial charge in [-0.2, -0.15) is 0 Å². The summed E-state index contributed by atoms with van der Waals surface area (Å²) in [6, 6.07) is 6.34. The number of hydrogen-bond donors (Lipinski definition) is 1.